The van der Waals surface area contributed by atoms with Gasteiger partial charge in [0, 0.05) is 18.0 Å². The van der Waals surface area contributed by atoms with Crippen molar-refractivity contribution in [2.45, 2.75) is 33.2 Å². The minimum absolute atomic E-state index is 0.0942. The number of ether oxygens (including phenoxy) is 2. The molecule has 0 spiro atoms. The van der Waals surface area contributed by atoms with Crippen LogP contribution in [0.5, 0.6) is 11.5 Å². The first-order valence-electron chi connectivity index (χ1n) is 6.36. The van der Waals surface area contributed by atoms with Gasteiger partial charge < -0.3 is 19.9 Å². The summed E-state index contributed by atoms with van der Waals surface area (Å²) in [5.74, 6) is 0.482. The maximum atomic E-state index is 11.6. The first kappa shape index (κ1) is 15.8. The van der Waals surface area contributed by atoms with E-state index >= 15 is 0 Å². The van der Waals surface area contributed by atoms with Gasteiger partial charge in [-0.25, -0.2) is 0 Å². The smallest absolute Gasteiger partial charge is 0.303 e. The molecular weight excluding hydrogens is 262 g/mol. The van der Waals surface area contributed by atoms with E-state index in [1.54, 1.807) is 25.1 Å². The zero-order valence-corrected chi connectivity index (χ0v) is 11.8. The average Bonchev–Trinajstić information content (AvgIpc) is 2.85. The SMILES string of the molecule is CC(C)NC(=O)c1ccc2c(c1)OCO2.CCC(=O)O. The van der Waals surface area contributed by atoms with Crippen LogP contribution in [-0.4, -0.2) is 29.8 Å². The van der Waals surface area contributed by atoms with E-state index in [1.165, 1.54) is 0 Å². The zero-order chi connectivity index (χ0) is 15.1. The fourth-order valence-electron chi connectivity index (χ4n) is 1.38. The van der Waals surface area contributed by atoms with Crippen molar-refractivity contribution in [1.29, 1.82) is 0 Å². The molecule has 6 heteroatoms. The van der Waals surface area contributed by atoms with Crippen LogP contribution in [0.3, 0.4) is 0 Å². The lowest BCUT2D eigenvalue weighted by molar-refractivity contribution is -0.136. The summed E-state index contributed by atoms with van der Waals surface area (Å²) < 4.78 is 10.4. The number of amides is 1. The predicted molar refractivity (Wildman–Crippen MR) is 73.1 cm³/mol. The predicted octanol–water partition coefficient (Wildman–Crippen LogP) is 2.03. The lowest BCUT2D eigenvalue weighted by Crippen LogP contribution is -2.29. The number of rotatable bonds is 3. The molecule has 1 heterocycles. The second-order valence-electron chi connectivity index (χ2n) is 4.44. The molecule has 110 valence electrons. The van der Waals surface area contributed by atoms with Crippen LogP contribution >= 0.6 is 0 Å². The summed E-state index contributed by atoms with van der Waals surface area (Å²) in [5, 5.41) is 10.5. The monoisotopic (exact) mass is 281 g/mol. The van der Waals surface area contributed by atoms with Crippen LogP contribution < -0.4 is 14.8 Å². The van der Waals surface area contributed by atoms with E-state index < -0.39 is 5.97 Å². The van der Waals surface area contributed by atoms with Crippen LogP contribution in [-0.2, 0) is 4.79 Å². The van der Waals surface area contributed by atoms with Crippen LogP contribution in [0.25, 0.3) is 0 Å². The number of aliphatic carboxylic acids is 1. The largest absolute Gasteiger partial charge is 0.481 e. The second-order valence-corrected chi connectivity index (χ2v) is 4.44. The Hall–Kier alpha value is -2.24. The fraction of sp³-hybridized carbons (Fsp3) is 0.429. The molecule has 0 fully saturated rings. The van der Waals surface area contributed by atoms with Gasteiger partial charge in [0.25, 0.3) is 5.91 Å². The highest BCUT2D eigenvalue weighted by atomic mass is 16.7. The van der Waals surface area contributed by atoms with Crippen molar-refractivity contribution in [3.8, 4) is 11.5 Å². The standard InChI is InChI=1S/C11H13NO3.C3H6O2/c1-7(2)12-11(13)8-3-4-9-10(5-8)15-6-14-9;1-2-3(4)5/h3-5,7H,6H2,1-2H3,(H,12,13);2H2,1H3,(H,4,5). The lowest BCUT2D eigenvalue weighted by Gasteiger charge is -2.08. The number of hydrogen-bond acceptors (Lipinski definition) is 4. The molecule has 0 radical (unpaired) electrons. The molecule has 0 unspecified atom stereocenters. The maximum absolute atomic E-state index is 11.6. The van der Waals surface area contributed by atoms with E-state index in [2.05, 4.69) is 5.32 Å². The number of fused-ring (bicyclic) bond motifs is 1. The van der Waals surface area contributed by atoms with Crippen LogP contribution in [0.2, 0.25) is 0 Å². The molecule has 2 N–H and O–H groups in total. The van der Waals surface area contributed by atoms with E-state index in [9.17, 15) is 9.59 Å². The van der Waals surface area contributed by atoms with Crippen molar-refractivity contribution < 1.29 is 24.2 Å². The molecule has 1 aromatic rings. The van der Waals surface area contributed by atoms with E-state index in [0.29, 0.717) is 17.1 Å². The Labute approximate surface area is 117 Å². The molecule has 2 rings (SSSR count). The van der Waals surface area contributed by atoms with Crippen LogP contribution in [0.15, 0.2) is 18.2 Å². The van der Waals surface area contributed by atoms with Gasteiger partial charge in [-0.1, -0.05) is 6.92 Å². The third kappa shape index (κ3) is 4.79. The first-order chi connectivity index (χ1) is 9.43. The Morgan fingerprint density at radius 3 is 2.45 bits per heavy atom. The number of carbonyl (C=O) groups is 2. The van der Waals surface area contributed by atoms with Crippen LogP contribution in [0.1, 0.15) is 37.6 Å². The average molecular weight is 281 g/mol. The topological polar surface area (TPSA) is 84.9 Å². The van der Waals surface area contributed by atoms with Crippen molar-refractivity contribution in [1.82, 2.24) is 5.32 Å². The van der Waals surface area contributed by atoms with Gasteiger partial charge >= 0.3 is 5.97 Å². The highest BCUT2D eigenvalue weighted by Crippen LogP contribution is 2.32. The Balaban J connectivity index is 0.000000347. The Bertz CT molecular complexity index is 484. The summed E-state index contributed by atoms with van der Waals surface area (Å²) in [6, 6.07) is 5.30. The maximum Gasteiger partial charge on any atom is 0.303 e. The van der Waals surface area contributed by atoms with Gasteiger partial charge in [0.1, 0.15) is 0 Å². The van der Waals surface area contributed by atoms with Crippen molar-refractivity contribution in [3.05, 3.63) is 23.8 Å². The highest BCUT2D eigenvalue weighted by Gasteiger charge is 2.16. The van der Waals surface area contributed by atoms with E-state index in [-0.39, 0.29) is 25.2 Å². The van der Waals surface area contributed by atoms with E-state index in [0.717, 1.165) is 0 Å². The van der Waals surface area contributed by atoms with Gasteiger partial charge in [0.2, 0.25) is 6.79 Å². The van der Waals surface area contributed by atoms with Crippen molar-refractivity contribution in [3.63, 3.8) is 0 Å². The number of carbonyl (C=O) groups excluding carboxylic acids is 1. The van der Waals surface area contributed by atoms with Gasteiger partial charge in [-0.3, -0.25) is 9.59 Å². The molecule has 1 aromatic carbocycles. The minimum atomic E-state index is -0.745. The molecule has 6 nitrogen and oxygen atoms in total. The van der Waals surface area contributed by atoms with Gasteiger partial charge in [-0.2, -0.15) is 0 Å². The zero-order valence-electron chi connectivity index (χ0n) is 11.8. The number of benzene rings is 1. The van der Waals surface area contributed by atoms with Crippen molar-refractivity contribution >= 4 is 11.9 Å². The molecule has 0 bridgehead atoms. The summed E-state index contributed by atoms with van der Waals surface area (Å²) in [7, 11) is 0. The fourth-order valence-corrected chi connectivity index (χ4v) is 1.38. The molecule has 1 amide bonds. The molecule has 0 aliphatic carbocycles. The summed E-state index contributed by atoms with van der Waals surface area (Å²) in [5.41, 5.74) is 0.591. The third-order valence-corrected chi connectivity index (χ3v) is 2.36. The number of nitrogens with one attached hydrogen (secondary N) is 1. The van der Waals surface area contributed by atoms with Gasteiger partial charge in [-0.05, 0) is 32.0 Å². The van der Waals surface area contributed by atoms with E-state index in [1.807, 2.05) is 13.8 Å². The van der Waals surface area contributed by atoms with Crippen LogP contribution in [0, 0.1) is 0 Å². The summed E-state index contributed by atoms with van der Waals surface area (Å²) in [4.78, 5) is 21.0. The minimum Gasteiger partial charge on any atom is -0.481 e. The molecular formula is C14H19NO5. The lowest BCUT2D eigenvalue weighted by atomic mass is 10.2. The van der Waals surface area contributed by atoms with Gasteiger partial charge in [0.15, 0.2) is 11.5 Å². The molecule has 1 aliphatic heterocycles. The first-order valence-corrected chi connectivity index (χ1v) is 6.36. The van der Waals surface area contributed by atoms with Gasteiger partial charge in [0.05, 0.1) is 0 Å². The number of hydrogen-bond donors (Lipinski definition) is 2. The highest BCUT2D eigenvalue weighted by molar-refractivity contribution is 5.95. The molecule has 1 aliphatic rings. The molecule has 0 saturated heterocycles. The normalized spacial score (nSPS) is 11.6. The molecule has 20 heavy (non-hydrogen) atoms. The van der Waals surface area contributed by atoms with Crippen LogP contribution in [0.4, 0.5) is 0 Å². The summed E-state index contributed by atoms with van der Waals surface area (Å²) >= 11 is 0. The van der Waals surface area contributed by atoms with Gasteiger partial charge in [-0.15, -0.1) is 0 Å². The number of carboxylic acids is 1. The van der Waals surface area contributed by atoms with E-state index in [4.69, 9.17) is 14.6 Å². The quantitative estimate of drug-likeness (QED) is 0.885. The Morgan fingerprint density at radius 2 is 1.90 bits per heavy atom. The van der Waals surface area contributed by atoms with Crippen molar-refractivity contribution in [2.24, 2.45) is 0 Å². The summed E-state index contributed by atoms with van der Waals surface area (Å²) in [6.45, 7) is 5.67. The van der Waals surface area contributed by atoms with Crippen molar-refractivity contribution in [2.75, 3.05) is 6.79 Å². The third-order valence-electron chi connectivity index (χ3n) is 2.36. The summed E-state index contributed by atoms with van der Waals surface area (Å²) in [6.07, 6.45) is 0.222. The molecule has 0 atom stereocenters. The Kier molecular flexibility index (Phi) is 5.83. The second kappa shape index (κ2) is 7.37. The number of carboxylic acid groups (broad SMARTS) is 1. The molecule has 0 aromatic heterocycles. The Morgan fingerprint density at radius 1 is 1.30 bits per heavy atom. The molecule has 0 saturated carbocycles.